The maximum Gasteiger partial charge on any atom is 0.254 e. The summed E-state index contributed by atoms with van der Waals surface area (Å²) in [4.78, 5) is 74.4. The predicted octanol–water partition coefficient (Wildman–Crippen LogP) is 16.9. The van der Waals surface area contributed by atoms with E-state index in [1.165, 1.54) is 18.2 Å². The molecule has 25 nitrogen and oxygen atoms in total. The normalized spacial score (nSPS) is 12.5. The van der Waals surface area contributed by atoms with E-state index in [1.807, 2.05) is 225 Å². The lowest BCUT2D eigenvalue weighted by Gasteiger charge is -2.15. The minimum Gasteiger partial charge on any atom is -0.497 e. The lowest BCUT2D eigenvalue weighted by atomic mass is 10.1. The van der Waals surface area contributed by atoms with Gasteiger partial charge in [0.05, 0.1) is 57.7 Å². The molecule has 119 heavy (non-hydrogen) atoms. The van der Waals surface area contributed by atoms with E-state index >= 15 is 0 Å². The number of rotatable bonds is 18. The summed E-state index contributed by atoms with van der Waals surface area (Å²) in [5, 5.41) is 11.9. The van der Waals surface area contributed by atoms with Crippen molar-refractivity contribution in [2.45, 2.75) is 80.1 Å². The molecule has 0 atom stereocenters. The van der Waals surface area contributed by atoms with Crippen molar-refractivity contribution in [2.24, 2.45) is 5.73 Å². The fourth-order valence-corrected chi connectivity index (χ4v) is 14.3. The van der Waals surface area contributed by atoms with E-state index in [0.717, 1.165) is 176 Å². The number of nitrogens with two attached hydrogens (primary N) is 2. The number of fused-ring (bicyclic) bond motifs is 7. The molecule has 8 aromatic carbocycles. The van der Waals surface area contributed by atoms with E-state index in [-0.39, 0.29) is 32.6 Å². The number of halogens is 2. The molecule has 0 fully saturated rings. The second-order valence-corrected chi connectivity index (χ2v) is 28.6. The molecule has 3 aliphatic heterocycles. The number of anilines is 3. The first-order valence-electron chi connectivity index (χ1n) is 37.4. The lowest BCUT2D eigenvalue weighted by Crippen LogP contribution is -2.23. The van der Waals surface area contributed by atoms with Crippen molar-refractivity contribution in [1.82, 2.24) is 64.1 Å². The molecule has 7 N–H and O–H groups in total. The molecule has 14 aromatic rings. The second-order valence-electron chi connectivity index (χ2n) is 27.3. The molecular formula is C92H91BrClN17O8. The molecule has 19 rings (SSSR count). The van der Waals surface area contributed by atoms with Gasteiger partial charge < -0.3 is 70.0 Å². The number of nitrogens with zero attached hydrogens (tertiary/aromatic N) is 12. The Hall–Kier alpha value is -13.8. The predicted molar refractivity (Wildman–Crippen MR) is 470 cm³/mol. The van der Waals surface area contributed by atoms with Crippen LogP contribution in [0.15, 0.2) is 242 Å². The van der Waals surface area contributed by atoms with E-state index in [2.05, 4.69) is 90.0 Å². The van der Waals surface area contributed by atoms with Crippen LogP contribution in [0.2, 0.25) is 5.15 Å². The first-order chi connectivity index (χ1) is 57.1. The Kier molecular flexibility index (Phi) is 28.2. The zero-order chi connectivity index (χ0) is 81.3. The minimum absolute atomic E-state index is 0. The van der Waals surface area contributed by atoms with Gasteiger partial charge >= 0.3 is 0 Å². The smallest absolute Gasteiger partial charge is 0.254 e. The third-order valence-corrected chi connectivity index (χ3v) is 20.8. The van der Waals surface area contributed by atoms with Gasteiger partial charge in [0, 0.05) is 121 Å². The summed E-state index contributed by atoms with van der Waals surface area (Å²) in [5.74, 6) is 6.46. The van der Waals surface area contributed by atoms with Crippen molar-refractivity contribution in [3.05, 3.63) is 331 Å². The van der Waals surface area contributed by atoms with Crippen molar-refractivity contribution in [3.63, 3.8) is 0 Å². The number of benzene rings is 8. The van der Waals surface area contributed by atoms with Crippen LogP contribution in [-0.4, -0.2) is 112 Å². The average Bonchev–Trinajstić information content (AvgIpc) is 1.63. The molecule has 606 valence electrons. The highest BCUT2D eigenvalue weighted by Crippen LogP contribution is 2.34. The van der Waals surface area contributed by atoms with Crippen LogP contribution in [0.3, 0.4) is 0 Å². The third-order valence-electron chi connectivity index (χ3n) is 20.0. The number of carbonyl (C=O) groups is 3. The van der Waals surface area contributed by atoms with Crippen molar-refractivity contribution in [3.8, 4) is 40.1 Å². The summed E-state index contributed by atoms with van der Waals surface area (Å²) in [7, 11) is 8.27. The van der Waals surface area contributed by atoms with Gasteiger partial charge in [-0.25, -0.2) is 39.9 Å². The minimum atomic E-state index is -0.0181. The van der Waals surface area contributed by atoms with Crippen molar-refractivity contribution < 1.29 is 38.1 Å². The maximum absolute atomic E-state index is 13.1. The zero-order valence-electron chi connectivity index (χ0n) is 64.8. The molecule has 0 radical (unpaired) electrons. The maximum atomic E-state index is 13.1. The Morgan fingerprint density at radius 1 is 0.454 bits per heavy atom. The first kappa shape index (κ1) is 84.6. The van der Waals surface area contributed by atoms with E-state index in [1.54, 1.807) is 48.2 Å². The van der Waals surface area contributed by atoms with Gasteiger partial charge in [0.25, 0.3) is 17.7 Å². The Bertz CT molecular complexity index is 5930. The molecule has 3 amide bonds. The van der Waals surface area contributed by atoms with Crippen molar-refractivity contribution >= 4 is 96.9 Å². The van der Waals surface area contributed by atoms with Gasteiger partial charge in [-0.3, -0.25) is 14.4 Å². The monoisotopic (exact) mass is 1680 g/mol. The molecule has 0 spiro atoms. The number of allylic oxidation sites excluding steroid dienone is 2. The fraction of sp³-hybridized carbons (Fsp3) is 0.185. The number of methoxy groups -OCH3 is 5. The Balaban J connectivity index is 0.000000139. The standard InChI is InChI=1S/C30H27N5O3.C16H14BrNO2.C15H15N3O.C14H11N5O.C8H11NO.C7H5ClN2.2CH4/c1-37-24-8-3-20(4-9-24)16-31-28-27-13-14-35(29(27)33-19-32-28)23-7-12-26-22(15-23)18-34(30(26)36)17-21-5-10-25(38-2)11-6-21;1-20-14-5-2-11(3-6-14)9-18-10-12-8-13(17)4-7-15(12)16(18)19;1-19-12-7-5-11(6-8-12)9-16-15-13-3-2-4-14(13)17-10-18-15;15-12-11-3-4-19(13(11)18-7-17-12)9-1-2-10-8(5-9)6-16-14(10)20;1-10-8-4-2-7(6-9)3-5-8;8-7-5-2-1-3-6(5)9-4-10-7;;/h3-15,19H,16-18H2,1-2H3,(H,31,32,33);2-8H,9-10H2,1H3;2-3,5-8,10H,4,9H2,1H3,(H,16,17,18);1-5,7H,6H2,(H,16,20)(H2,15,17,18);2-5H,6,9H2,1H3;1-2,4H,3H2;2*1H4. The highest BCUT2D eigenvalue weighted by atomic mass is 79.9. The second kappa shape index (κ2) is 39.7. The van der Waals surface area contributed by atoms with Gasteiger partial charge in [0.15, 0.2) is 0 Å². The molecule has 27 heteroatoms. The Labute approximate surface area is 703 Å². The van der Waals surface area contributed by atoms with Crippen molar-refractivity contribution in [1.29, 1.82) is 0 Å². The van der Waals surface area contributed by atoms with E-state index < -0.39 is 0 Å². The van der Waals surface area contributed by atoms with Gasteiger partial charge in [0.2, 0.25) is 0 Å². The molecule has 2 aliphatic carbocycles. The van der Waals surface area contributed by atoms with Gasteiger partial charge in [-0.2, -0.15) is 0 Å². The highest BCUT2D eigenvalue weighted by Gasteiger charge is 2.30. The van der Waals surface area contributed by atoms with E-state index in [9.17, 15) is 14.4 Å². The summed E-state index contributed by atoms with van der Waals surface area (Å²) in [6.07, 6.45) is 20.0. The summed E-state index contributed by atoms with van der Waals surface area (Å²) in [5.41, 5.74) is 29.9. The third kappa shape index (κ3) is 20.2. The summed E-state index contributed by atoms with van der Waals surface area (Å²) >= 11 is 9.21. The number of amides is 3. The zero-order valence-corrected chi connectivity index (χ0v) is 67.1. The number of carbonyl (C=O) groups excluding carboxylic acids is 3. The number of hydrogen-bond donors (Lipinski definition) is 5. The molecule has 0 saturated carbocycles. The fourth-order valence-electron chi connectivity index (χ4n) is 13.7. The van der Waals surface area contributed by atoms with Crippen LogP contribution in [0.5, 0.6) is 28.7 Å². The van der Waals surface area contributed by atoms with Gasteiger partial charge in [-0.15, -0.1) is 0 Å². The molecular weight excluding hydrogens is 1590 g/mol. The molecule has 0 bridgehead atoms. The van der Waals surface area contributed by atoms with Gasteiger partial charge in [-0.05, 0) is 172 Å². The molecule has 9 heterocycles. The Morgan fingerprint density at radius 2 is 0.874 bits per heavy atom. The van der Waals surface area contributed by atoms with Crippen LogP contribution in [-0.2, 0) is 65.2 Å². The first-order valence-corrected chi connectivity index (χ1v) is 38.6. The lowest BCUT2D eigenvalue weighted by molar-refractivity contribution is 0.0759. The molecule has 6 aromatic heterocycles. The molecule has 5 aliphatic rings. The summed E-state index contributed by atoms with van der Waals surface area (Å²) in [6, 6.07) is 60.7. The SMILES string of the molecule is C.C.COc1ccc(CN)cc1.COc1ccc(CN2Cc3cc(Br)ccc3C2=O)cc1.COc1ccc(CNc2ncnc3c2C=CC3)cc1.COc1ccc(CNc2ncnc3c2ccn3-c2ccc3c(c2)CN(Cc2ccc(OC)cc2)C3=O)cc1.Clc1ncnc2c1C=CC2.Nc1ncnc2c1ccn2-c1ccc2c(c1)CNC2=O. The number of hydrogen-bond acceptors (Lipinski definition) is 20. The highest BCUT2D eigenvalue weighted by molar-refractivity contribution is 9.10. The van der Waals surface area contributed by atoms with E-state index in [4.69, 9.17) is 46.8 Å². The van der Waals surface area contributed by atoms with Crippen LogP contribution in [0, 0.1) is 0 Å². The topological polar surface area (TPSA) is 305 Å². The van der Waals surface area contributed by atoms with E-state index in [0.29, 0.717) is 56.8 Å². The van der Waals surface area contributed by atoms with Crippen LogP contribution in [0.1, 0.15) is 113 Å². The van der Waals surface area contributed by atoms with Crippen LogP contribution < -0.4 is 51.1 Å². The molecule has 0 unspecified atom stereocenters. The van der Waals surface area contributed by atoms with Gasteiger partial charge in [0.1, 0.15) is 88.0 Å². The quantitative estimate of drug-likeness (QED) is 0.0499. The number of ether oxygens (including phenoxy) is 5. The van der Waals surface area contributed by atoms with Crippen LogP contribution in [0.25, 0.3) is 45.6 Å². The average molecular weight is 1680 g/mol. The number of nitrogen functional groups attached to an aromatic ring is 1. The number of aromatic nitrogens is 10. The van der Waals surface area contributed by atoms with Gasteiger partial charge in [-0.1, -0.05) is 127 Å². The molecule has 0 saturated heterocycles. The van der Waals surface area contributed by atoms with Crippen LogP contribution >= 0.6 is 27.5 Å². The number of nitrogens with one attached hydrogen (secondary N) is 3. The van der Waals surface area contributed by atoms with Crippen molar-refractivity contribution in [2.75, 3.05) is 51.9 Å². The summed E-state index contributed by atoms with van der Waals surface area (Å²) in [6.45, 7) is 4.93. The largest absolute Gasteiger partial charge is 0.497 e. The van der Waals surface area contributed by atoms with Crippen LogP contribution in [0.4, 0.5) is 17.5 Å². The Morgan fingerprint density at radius 3 is 1.39 bits per heavy atom. The summed E-state index contributed by atoms with van der Waals surface area (Å²) < 4.78 is 30.7.